The van der Waals surface area contributed by atoms with Crippen molar-refractivity contribution in [3.05, 3.63) is 54.7 Å². The average Bonchev–Trinajstić information content (AvgIpc) is 3.17. The number of likely N-dealkylation sites (tertiary alicyclic amines) is 1. The van der Waals surface area contributed by atoms with Crippen LogP contribution in [-0.2, 0) is 4.74 Å². The molecule has 0 unspecified atom stereocenters. The first-order chi connectivity index (χ1) is 13.2. The lowest BCUT2D eigenvalue weighted by Crippen LogP contribution is -2.32. The van der Waals surface area contributed by atoms with Crippen molar-refractivity contribution < 1.29 is 9.53 Å². The Hall–Kier alpha value is -3.15. The number of carbonyl (C=O) groups excluding carboxylic acids is 1. The number of hydrogen-bond acceptors (Lipinski definition) is 5. The number of hydrogen-bond donors (Lipinski definition) is 1. The van der Waals surface area contributed by atoms with Gasteiger partial charge < -0.3 is 15.0 Å². The second kappa shape index (κ2) is 7.61. The third kappa shape index (κ3) is 3.84. The molecule has 4 rings (SSSR count). The molecule has 6 nitrogen and oxygen atoms in total. The molecule has 27 heavy (non-hydrogen) atoms. The minimum Gasteiger partial charge on any atom is -0.450 e. The van der Waals surface area contributed by atoms with Gasteiger partial charge in [-0.05, 0) is 36.2 Å². The highest BCUT2D eigenvalue weighted by molar-refractivity contribution is 5.86. The molecular formula is C21H22N4O2. The molecule has 0 saturated carbocycles. The van der Waals surface area contributed by atoms with E-state index in [1.54, 1.807) is 11.1 Å². The van der Waals surface area contributed by atoms with Crippen molar-refractivity contribution >= 4 is 22.8 Å². The largest absolute Gasteiger partial charge is 0.450 e. The molecule has 1 atom stereocenters. The number of anilines is 1. The highest BCUT2D eigenvalue weighted by Crippen LogP contribution is 2.24. The van der Waals surface area contributed by atoms with Crippen LogP contribution in [0.5, 0.6) is 0 Å². The number of aromatic nitrogens is 2. The highest BCUT2D eigenvalue weighted by atomic mass is 16.6. The Bertz CT molecular complexity index is 960. The zero-order valence-corrected chi connectivity index (χ0v) is 15.3. The summed E-state index contributed by atoms with van der Waals surface area (Å²) < 4.78 is 5.06. The molecule has 0 bridgehead atoms. The van der Waals surface area contributed by atoms with Crippen LogP contribution in [0.4, 0.5) is 10.7 Å². The van der Waals surface area contributed by atoms with Crippen LogP contribution in [0.3, 0.4) is 0 Å². The number of benzene rings is 2. The molecule has 1 aromatic heterocycles. The standard InChI is InChI=1S/C21H22N4O2/c1-2-27-21(26)25-12-10-18(14-25)23-20-22-11-9-19(24-20)17-8-7-15-5-3-4-6-16(15)13-17/h3-9,11,13,18H,2,10,12,14H2,1H3,(H,22,23,24)/t18-/m1/s1. The molecule has 0 radical (unpaired) electrons. The van der Waals surface area contributed by atoms with Crippen LogP contribution in [0.1, 0.15) is 13.3 Å². The van der Waals surface area contributed by atoms with Crippen LogP contribution in [0.25, 0.3) is 22.0 Å². The van der Waals surface area contributed by atoms with Gasteiger partial charge in [0.1, 0.15) is 0 Å². The Labute approximate surface area is 158 Å². The van der Waals surface area contributed by atoms with Gasteiger partial charge in [0.15, 0.2) is 0 Å². The summed E-state index contributed by atoms with van der Waals surface area (Å²) >= 11 is 0. The van der Waals surface area contributed by atoms with E-state index in [1.165, 1.54) is 10.8 Å². The van der Waals surface area contributed by atoms with Crippen LogP contribution in [0.15, 0.2) is 54.7 Å². The zero-order chi connectivity index (χ0) is 18.6. The second-order valence-corrected chi connectivity index (χ2v) is 6.60. The lowest BCUT2D eigenvalue weighted by molar-refractivity contribution is 0.115. The molecule has 138 valence electrons. The van der Waals surface area contributed by atoms with Crippen molar-refractivity contribution in [2.45, 2.75) is 19.4 Å². The molecule has 1 N–H and O–H groups in total. The first-order valence-corrected chi connectivity index (χ1v) is 9.23. The molecule has 0 aliphatic carbocycles. The summed E-state index contributed by atoms with van der Waals surface area (Å²) in [6, 6.07) is 16.6. The van der Waals surface area contributed by atoms with Crippen LogP contribution in [0.2, 0.25) is 0 Å². The molecule has 1 amide bonds. The number of carbonyl (C=O) groups is 1. The molecule has 0 spiro atoms. The minimum absolute atomic E-state index is 0.126. The van der Waals surface area contributed by atoms with Crippen molar-refractivity contribution in [3.8, 4) is 11.3 Å². The van der Waals surface area contributed by atoms with Gasteiger partial charge in [0.05, 0.1) is 12.3 Å². The van der Waals surface area contributed by atoms with Crippen molar-refractivity contribution in [1.29, 1.82) is 0 Å². The minimum atomic E-state index is -0.257. The number of rotatable bonds is 4. The van der Waals surface area contributed by atoms with Crippen LogP contribution >= 0.6 is 0 Å². The second-order valence-electron chi connectivity index (χ2n) is 6.60. The molecule has 1 fully saturated rings. The fraction of sp³-hybridized carbons (Fsp3) is 0.286. The highest BCUT2D eigenvalue weighted by Gasteiger charge is 2.27. The van der Waals surface area contributed by atoms with Gasteiger partial charge in [-0.1, -0.05) is 36.4 Å². The summed E-state index contributed by atoms with van der Waals surface area (Å²) in [6.45, 7) is 3.49. The zero-order valence-electron chi connectivity index (χ0n) is 15.3. The Morgan fingerprint density at radius 3 is 2.93 bits per heavy atom. The SMILES string of the molecule is CCOC(=O)N1CC[C@@H](Nc2nccc(-c3ccc4ccccc4c3)n2)C1. The van der Waals surface area contributed by atoms with E-state index in [0.717, 1.165) is 17.7 Å². The molecule has 2 heterocycles. The molecule has 6 heteroatoms. The number of ether oxygens (including phenoxy) is 1. The average molecular weight is 362 g/mol. The van der Waals surface area contributed by atoms with E-state index < -0.39 is 0 Å². The molecule has 1 saturated heterocycles. The first kappa shape index (κ1) is 17.3. The Morgan fingerprint density at radius 2 is 2.07 bits per heavy atom. The number of fused-ring (bicyclic) bond motifs is 1. The van der Waals surface area contributed by atoms with Gasteiger partial charge in [-0.2, -0.15) is 0 Å². The maximum absolute atomic E-state index is 11.8. The van der Waals surface area contributed by atoms with E-state index in [1.807, 2.05) is 25.1 Å². The van der Waals surface area contributed by atoms with Crippen LogP contribution in [0, 0.1) is 0 Å². The molecule has 1 aliphatic heterocycles. The topological polar surface area (TPSA) is 67.3 Å². The fourth-order valence-corrected chi connectivity index (χ4v) is 3.38. The van der Waals surface area contributed by atoms with Crippen molar-refractivity contribution in [1.82, 2.24) is 14.9 Å². The molecule has 3 aromatic rings. The number of amides is 1. The summed E-state index contributed by atoms with van der Waals surface area (Å²) in [5.74, 6) is 0.580. The summed E-state index contributed by atoms with van der Waals surface area (Å²) in [7, 11) is 0. The maximum atomic E-state index is 11.8. The summed E-state index contributed by atoms with van der Waals surface area (Å²) in [5.41, 5.74) is 1.93. The normalized spacial score (nSPS) is 16.5. The van der Waals surface area contributed by atoms with Gasteiger partial charge in [-0.15, -0.1) is 0 Å². The predicted molar refractivity (Wildman–Crippen MR) is 106 cm³/mol. The summed E-state index contributed by atoms with van der Waals surface area (Å²) in [4.78, 5) is 22.6. The van der Waals surface area contributed by atoms with E-state index in [9.17, 15) is 4.79 Å². The van der Waals surface area contributed by atoms with E-state index in [-0.39, 0.29) is 12.1 Å². The third-order valence-corrected chi connectivity index (χ3v) is 4.75. The van der Waals surface area contributed by atoms with E-state index >= 15 is 0 Å². The lowest BCUT2D eigenvalue weighted by atomic mass is 10.1. The lowest BCUT2D eigenvalue weighted by Gasteiger charge is -2.16. The van der Waals surface area contributed by atoms with E-state index in [0.29, 0.717) is 25.6 Å². The third-order valence-electron chi connectivity index (χ3n) is 4.75. The number of nitrogens with one attached hydrogen (secondary N) is 1. The maximum Gasteiger partial charge on any atom is 0.409 e. The Kier molecular flexibility index (Phi) is 4.87. The molecular weight excluding hydrogens is 340 g/mol. The quantitative estimate of drug-likeness (QED) is 0.761. The first-order valence-electron chi connectivity index (χ1n) is 9.23. The predicted octanol–water partition coefficient (Wildman–Crippen LogP) is 3.94. The van der Waals surface area contributed by atoms with E-state index in [4.69, 9.17) is 4.74 Å². The van der Waals surface area contributed by atoms with Crippen molar-refractivity contribution in [2.24, 2.45) is 0 Å². The van der Waals surface area contributed by atoms with Crippen LogP contribution in [-0.4, -0.2) is 46.7 Å². The Balaban J connectivity index is 1.48. The van der Waals surface area contributed by atoms with Gasteiger partial charge >= 0.3 is 6.09 Å². The monoisotopic (exact) mass is 362 g/mol. The molecule has 1 aliphatic rings. The Morgan fingerprint density at radius 1 is 1.22 bits per heavy atom. The smallest absolute Gasteiger partial charge is 0.409 e. The van der Waals surface area contributed by atoms with Gasteiger partial charge in [-0.25, -0.2) is 14.8 Å². The van der Waals surface area contributed by atoms with E-state index in [2.05, 4.69) is 45.6 Å². The number of nitrogens with zero attached hydrogens (tertiary/aromatic N) is 3. The van der Waals surface area contributed by atoms with Gasteiger partial charge in [0.25, 0.3) is 0 Å². The van der Waals surface area contributed by atoms with Crippen molar-refractivity contribution in [3.63, 3.8) is 0 Å². The van der Waals surface area contributed by atoms with Gasteiger partial charge in [0.2, 0.25) is 5.95 Å². The van der Waals surface area contributed by atoms with Gasteiger partial charge in [0, 0.05) is 30.9 Å². The van der Waals surface area contributed by atoms with Crippen molar-refractivity contribution in [2.75, 3.05) is 25.0 Å². The van der Waals surface area contributed by atoms with Gasteiger partial charge in [-0.3, -0.25) is 0 Å². The summed E-state index contributed by atoms with van der Waals surface area (Å²) in [6.07, 6.45) is 2.35. The summed E-state index contributed by atoms with van der Waals surface area (Å²) in [5, 5.41) is 5.73. The van der Waals surface area contributed by atoms with Crippen LogP contribution < -0.4 is 5.32 Å². The molecule has 2 aromatic carbocycles. The fourth-order valence-electron chi connectivity index (χ4n) is 3.38.